The van der Waals surface area contributed by atoms with Gasteiger partial charge in [-0.3, -0.25) is 0 Å². The van der Waals surface area contributed by atoms with Crippen LogP contribution < -0.4 is 0 Å². The van der Waals surface area contributed by atoms with E-state index in [1.165, 1.54) is 24.0 Å². The van der Waals surface area contributed by atoms with E-state index in [0.717, 1.165) is 6.42 Å². The van der Waals surface area contributed by atoms with Crippen molar-refractivity contribution < 1.29 is 0 Å². The molecule has 0 radical (unpaired) electrons. The second-order valence-electron chi connectivity index (χ2n) is 4.88. The quantitative estimate of drug-likeness (QED) is 0.685. The molecule has 1 unspecified atom stereocenters. The maximum absolute atomic E-state index is 2.35. The van der Waals surface area contributed by atoms with E-state index in [0.29, 0.717) is 5.92 Å². The first-order valence-electron chi connectivity index (χ1n) is 6.55. The molecule has 0 saturated heterocycles. The minimum atomic E-state index is 0.506. The third kappa shape index (κ3) is 1.78. The maximum atomic E-state index is 2.35. The molecule has 0 amide bonds. The van der Waals surface area contributed by atoms with Crippen LogP contribution in [0.2, 0.25) is 0 Å². The SMILES string of the molecule is CCCC1=C(C2C=Cc3ccccc32)C=CC1. The van der Waals surface area contributed by atoms with Gasteiger partial charge in [0.25, 0.3) is 0 Å². The van der Waals surface area contributed by atoms with Crippen LogP contribution in [0.1, 0.15) is 43.2 Å². The van der Waals surface area contributed by atoms with Gasteiger partial charge in [-0.15, -0.1) is 0 Å². The van der Waals surface area contributed by atoms with Crippen LogP contribution in [0, 0.1) is 0 Å². The lowest BCUT2D eigenvalue weighted by atomic mass is 9.90. The Morgan fingerprint density at radius 1 is 1.18 bits per heavy atom. The van der Waals surface area contributed by atoms with E-state index in [4.69, 9.17) is 0 Å². The third-order valence-corrected chi connectivity index (χ3v) is 3.76. The minimum Gasteiger partial charge on any atom is -0.0801 e. The Bertz CT molecular complexity index is 515. The fourth-order valence-electron chi connectivity index (χ4n) is 2.96. The molecule has 0 aromatic heterocycles. The van der Waals surface area contributed by atoms with Crippen LogP contribution in [0.15, 0.2) is 53.6 Å². The molecule has 0 spiro atoms. The van der Waals surface area contributed by atoms with E-state index < -0.39 is 0 Å². The summed E-state index contributed by atoms with van der Waals surface area (Å²) in [6.45, 7) is 2.27. The first-order valence-corrected chi connectivity index (χ1v) is 6.55. The average molecular weight is 222 g/mol. The molecule has 0 bridgehead atoms. The van der Waals surface area contributed by atoms with Crippen molar-refractivity contribution in [1.29, 1.82) is 0 Å². The number of allylic oxidation sites excluding steroid dienone is 5. The van der Waals surface area contributed by atoms with Crippen LogP contribution in [0.3, 0.4) is 0 Å². The van der Waals surface area contributed by atoms with E-state index in [1.54, 1.807) is 11.1 Å². The van der Waals surface area contributed by atoms with Gasteiger partial charge >= 0.3 is 0 Å². The fourth-order valence-corrected chi connectivity index (χ4v) is 2.96. The van der Waals surface area contributed by atoms with Gasteiger partial charge in [-0.25, -0.2) is 0 Å². The van der Waals surface area contributed by atoms with Crippen molar-refractivity contribution in [3.63, 3.8) is 0 Å². The van der Waals surface area contributed by atoms with Crippen molar-refractivity contribution in [3.8, 4) is 0 Å². The summed E-state index contributed by atoms with van der Waals surface area (Å²) in [5.74, 6) is 0.506. The highest BCUT2D eigenvalue weighted by atomic mass is 14.3. The van der Waals surface area contributed by atoms with Gasteiger partial charge < -0.3 is 0 Å². The first-order chi connectivity index (χ1) is 8.40. The lowest BCUT2D eigenvalue weighted by Gasteiger charge is -2.14. The lowest BCUT2D eigenvalue weighted by molar-refractivity contribution is 0.862. The second-order valence-corrected chi connectivity index (χ2v) is 4.88. The highest BCUT2D eigenvalue weighted by Gasteiger charge is 2.22. The number of hydrogen-bond donors (Lipinski definition) is 0. The number of rotatable bonds is 3. The standard InChI is InChI=1S/C17H18/c1-2-6-13-8-5-10-16(13)17-12-11-14-7-3-4-9-15(14)17/h3-5,7,9-12,17H,2,6,8H2,1H3. The Balaban J connectivity index is 1.99. The van der Waals surface area contributed by atoms with Gasteiger partial charge in [-0.1, -0.05) is 67.5 Å². The summed E-state index contributed by atoms with van der Waals surface area (Å²) in [7, 11) is 0. The van der Waals surface area contributed by atoms with E-state index >= 15 is 0 Å². The highest BCUT2D eigenvalue weighted by molar-refractivity contribution is 5.66. The zero-order chi connectivity index (χ0) is 11.7. The molecule has 1 aromatic carbocycles. The number of hydrogen-bond acceptors (Lipinski definition) is 0. The molecule has 0 nitrogen and oxygen atoms in total. The molecule has 0 N–H and O–H groups in total. The summed E-state index contributed by atoms with van der Waals surface area (Å²) in [6, 6.07) is 8.75. The topological polar surface area (TPSA) is 0 Å². The first kappa shape index (κ1) is 10.6. The molecule has 2 aliphatic carbocycles. The Labute approximate surface area is 103 Å². The Morgan fingerprint density at radius 3 is 2.94 bits per heavy atom. The Hall–Kier alpha value is -1.56. The van der Waals surface area contributed by atoms with Crippen molar-refractivity contribution in [2.45, 2.75) is 32.1 Å². The molecular weight excluding hydrogens is 204 g/mol. The smallest absolute Gasteiger partial charge is 0.0278 e. The van der Waals surface area contributed by atoms with Crippen molar-refractivity contribution in [2.24, 2.45) is 0 Å². The van der Waals surface area contributed by atoms with Crippen molar-refractivity contribution in [3.05, 3.63) is 64.8 Å². The predicted molar refractivity (Wildman–Crippen MR) is 73.9 cm³/mol. The zero-order valence-corrected chi connectivity index (χ0v) is 10.3. The largest absolute Gasteiger partial charge is 0.0801 e. The van der Waals surface area contributed by atoms with Crippen molar-refractivity contribution >= 4 is 6.08 Å². The molecule has 0 heterocycles. The number of benzene rings is 1. The molecule has 86 valence electrons. The fraction of sp³-hybridized carbons (Fsp3) is 0.294. The normalized spacial score (nSPS) is 21.4. The van der Waals surface area contributed by atoms with Crippen molar-refractivity contribution in [1.82, 2.24) is 0 Å². The molecule has 0 saturated carbocycles. The van der Waals surface area contributed by atoms with E-state index in [2.05, 4.69) is 55.5 Å². The molecule has 1 atom stereocenters. The van der Waals surface area contributed by atoms with Crippen LogP contribution in [0.4, 0.5) is 0 Å². The summed E-state index contributed by atoms with van der Waals surface area (Å²) in [6.07, 6.45) is 12.9. The van der Waals surface area contributed by atoms with E-state index in [1.807, 2.05) is 0 Å². The third-order valence-electron chi connectivity index (χ3n) is 3.76. The van der Waals surface area contributed by atoms with Gasteiger partial charge in [0.1, 0.15) is 0 Å². The Morgan fingerprint density at radius 2 is 2.06 bits per heavy atom. The van der Waals surface area contributed by atoms with Crippen LogP contribution >= 0.6 is 0 Å². The number of fused-ring (bicyclic) bond motifs is 1. The maximum Gasteiger partial charge on any atom is 0.0278 e. The molecule has 17 heavy (non-hydrogen) atoms. The van der Waals surface area contributed by atoms with Crippen LogP contribution in [0.25, 0.3) is 6.08 Å². The molecule has 2 aliphatic rings. The zero-order valence-electron chi connectivity index (χ0n) is 10.3. The van der Waals surface area contributed by atoms with Gasteiger partial charge in [-0.2, -0.15) is 0 Å². The predicted octanol–water partition coefficient (Wildman–Crippen LogP) is 4.85. The highest BCUT2D eigenvalue weighted by Crippen LogP contribution is 2.40. The van der Waals surface area contributed by atoms with Gasteiger partial charge in [0.2, 0.25) is 0 Å². The van der Waals surface area contributed by atoms with E-state index in [9.17, 15) is 0 Å². The van der Waals surface area contributed by atoms with Gasteiger partial charge in [0.15, 0.2) is 0 Å². The summed E-state index contributed by atoms with van der Waals surface area (Å²) in [4.78, 5) is 0. The minimum absolute atomic E-state index is 0.506. The average Bonchev–Trinajstić information content (AvgIpc) is 2.95. The van der Waals surface area contributed by atoms with Gasteiger partial charge in [0, 0.05) is 5.92 Å². The molecule has 3 rings (SSSR count). The molecule has 0 aliphatic heterocycles. The monoisotopic (exact) mass is 222 g/mol. The molecule has 0 fully saturated rings. The van der Waals surface area contributed by atoms with Gasteiger partial charge in [0.05, 0.1) is 0 Å². The molecule has 0 heteroatoms. The molecular formula is C17H18. The van der Waals surface area contributed by atoms with Crippen LogP contribution in [0.5, 0.6) is 0 Å². The summed E-state index contributed by atoms with van der Waals surface area (Å²) in [5.41, 5.74) is 6.05. The summed E-state index contributed by atoms with van der Waals surface area (Å²) < 4.78 is 0. The van der Waals surface area contributed by atoms with Crippen molar-refractivity contribution in [2.75, 3.05) is 0 Å². The second kappa shape index (κ2) is 4.37. The van der Waals surface area contributed by atoms with Crippen LogP contribution in [-0.2, 0) is 0 Å². The van der Waals surface area contributed by atoms with Gasteiger partial charge in [-0.05, 0) is 29.5 Å². The lowest BCUT2D eigenvalue weighted by Crippen LogP contribution is -1.97. The molecule has 1 aromatic rings. The summed E-state index contributed by atoms with van der Waals surface area (Å²) in [5, 5.41) is 0. The Kier molecular flexibility index (Phi) is 2.72. The summed E-state index contributed by atoms with van der Waals surface area (Å²) >= 11 is 0. The van der Waals surface area contributed by atoms with Crippen LogP contribution in [-0.4, -0.2) is 0 Å². The van der Waals surface area contributed by atoms with E-state index in [-0.39, 0.29) is 0 Å².